The minimum Gasteiger partial charge on any atom is -0.380 e. The topological polar surface area (TPSA) is 37.3 Å². The molecule has 0 amide bonds. The van der Waals surface area contributed by atoms with Gasteiger partial charge in [-0.1, -0.05) is 30.3 Å². The van der Waals surface area contributed by atoms with Crippen molar-refractivity contribution in [3.8, 4) is 0 Å². The lowest BCUT2D eigenvalue weighted by Crippen LogP contribution is -2.10. The number of Topliss-reactive ketones (excluding diaryl/α,β-unsaturated/α-hetero) is 1. The zero-order valence-corrected chi connectivity index (χ0v) is 9.70. The van der Waals surface area contributed by atoms with Crippen LogP contribution in [0.3, 0.4) is 0 Å². The molecule has 1 heterocycles. The number of hydrogen-bond acceptors (Lipinski definition) is 3. The van der Waals surface area contributed by atoms with E-state index in [4.69, 9.17) is 0 Å². The number of carbonyl (C=O) groups is 1. The van der Waals surface area contributed by atoms with Gasteiger partial charge in [-0.2, -0.15) is 0 Å². The normalized spacial score (nSPS) is 12.4. The summed E-state index contributed by atoms with van der Waals surface area (Å²) < 4.78 is 0. The highest BCUT2D eigenvalue weighted by atomic mass is 32.1. The summed E-state index contributed by atoms with van der Waals surface area (Å²) in [6.45, 7) is 1.94. The first-order valence-corrected chi connectivity index (χ1v) is 5.84. The van der Waals surface area contributed by atoms with Crippen molar-refractivity contribution >= 4 is 17.1 Å². The average Bonchev–Trinajstić information content (AvgIpc) is 2.75. The third-order valence-corrected chi connectivity index (χ3v) is 3.36. The molecular weight excluding hydrogens is 220 g/mol. The molecule has 1 N–H and O–H groups in total. The van der Waals surface area contributed by atoms with Crippen LogP contribution in [0.2, 0.25) is 0 Å². The highest BCUT2D eigenvalue weighted by Crippen LogP contribution is 2.23. The van der Waals surface area contributed by atoms with E-state index in [1.807, 2.05) is 31.2 Å². The van der Waals surface area contributed by atoms with Crippen LogP contribution in [-0.4, -0.2) is 10.9 Å². The van der Waals surface area contributed by atoms with E-state index in [-0.39, 0.29) is 5.78 Å². The second-order valence-electron chi connectivity index (χ2n) is 3.59. The molecule has 16 heavy (non-hydrogen) atoms. The number of aliphatic hydroxyl groups excluding tert-OH is 1. The third-order valence-electron chi connectivity index (χ3n) is 2.35. The van der Waals surface area contributed by atoms with Crippen LogP contribution in [0, 0.1) is 6.92 Å². The van der Waals surface area contributed by atoms with Crippen molar-refractivity contribution in [1.82, 2.24) is 0 Å². The van der Waals surface area contributed by atoms with E-state index in [1.165, 1.54) is 11.3 Å². The van der Waals surface area contributed by atoms with E-state index in [0.29, 0.717) is 10.4 Å². The van der Waals surface area contributed by atoms with Crippen molar-refractivity contribution in [3.05, 3.63) is 57.8 Å². The number of rotatable bonds is 3. The molecule has 0 aliphatic rings. The van der Waals surface area contributed by atoms with Gasteiger partial charge in [-0.25, -0.2) is 0 Å². The van der Waals surface area contributed by atoms with E-state index in [1.54, 1.807) is 18.2 Å². The standard InChI is InChI=1S/C13H12O2S/c1-9-7-8-11(16-9)13(15)12(14)10-5-3-2-4-6-10/h2-8,12,14H,1H3. The van der Waals surface area contributed by atoms with Gasteiger partial charge in [-0.3, -0.25) is 4.79 Å². The highest BCUT2D eigenvalue weighted by Gasteiger charge is 2.19. The molecule has 0 saturated heterocycles. The zero-order valence-electron chi connectivity index (χ0n) is 8.88. The molecule has 1 aromatic heterocycles. The average molecular weight is 232 g/mol. The number of ketones is 1. The summed E-state index contributed by atoms with van der Waals surface area (Å²) >= 11 is 1.41. The van der Waals surface area contributed by atoms with Gasteiger partial charge in [0.25, 0.3) is 0 Å². The monoisotopic (exact) mass is 232 g/mol. The highest BCUT2D eigenvalue weighted by molar-refractivity contribution is 7.14. The Morgan fingerprint density at radius 1 is 1.19 bits per heavy atom. The number of thiophene rings is 1. The SMILES string of the molecule is Cc1ccc(C(=O)C(O)c2ccccc2)s1. The van der Waals surface area contributed by atoms with Crippen molar-refractivity contribution in [2.45, 2.75) is 13.0 Å². The molecule has 2 rings (SSSR count). The molecule has 1 atom stereocenters. The Labute approximate surface area is 98.2 Å². The predicted octanol–water partition coefficient (Wildman–Crippen LogP) is 2.97. The molecule has 3 heteroatoms. The Bertz CT molecular complexity index is 488. The van der Waals surface area contributed by atoms with Gasteiger partial charge in [-0.05, 0) is 24.6 Å². The number of benzene rings is 1. The lowest BCUT2D eigenvalue weighted by molar-refractivity contribution is 0.0752. The zero-order chi connectivity index (χ0) is 11.5. The van der Waals surface area contributed by atoms with Gasteiger partial charge in [0.15, 0.2) is 0 Å². The number of aryl methyl sites for hydroxylation is 1. The van der Waals surface area contributed by atoms with Crippen molar-refractivity contribution in [2.24, 2.45) is 0 Å². The van der Waals surface area contributed by atoms with Crippen LogP contribution in [-0.2, 0) is 0 Å². The quantitative estimate of drug-likeness (QED) is 0.826. The summed E-state index contributed by atoms with van der Waals surface area (Å²) in [5.41, 5.74) is 0.638. The van der Waals surface area contributed by atoms with Crippen LogP contribution in [0.15, 0.2) is 42.5 Å². The largest absolute Gasteiger partial charge is 0.380 e. The van der Waals surface area contributed by atoms with Crippen LogP contribution < -0.4 is 0 Å². The predicted molar refractivity (Wildman–Crippen MR) is 64.8 cm³/mol. The van der Waals surface area contributed by atoms with E-state index < -0.39 is 6.10 Å². The lowest BCUT2D eigenvalue weighted by Gasteiger charge is -2.07. The molecule has 0 radical (unpaired) electrons. The van der Waals surface area contributed by atoms with Crippen LogP contribution in [0.25, 0.3) is 0 Å². The van der Waals surface area contributed by atoms with Crippen LogP contribution >= 0.6 is 11.3 Å². The Morgan fingerprint density at radius 3 is 2.44 bits per heavy atom. The summed E-state index contributed by atoms with van der Waals surface area (Å²) in [4.78, 5) is 13.6. The first-order valence-electron chi connectivity index (χ1n) is 5.02. The minimum atomic E-state index is -1.06. The molecule has 1 aromatic carbocycles. The first-order chi connectivity index (χ1) is 7.68. The van der Waals surface area contributed by atoms with Gasteiger partial charge < -0.3 is 5.11 Å². The van der Waals surface area contributed by atoms with E-state index in [9.17, 15) is 9.90 Å². The molecule has 1 unspecified atom stereocenters. The molecular formula is C13H12O2S. The Hall–Kier alpha value is -1.45. The van der Waals surface area contributed by atoms with Gasteiger partial charge in [0.05, 0.1) is 4.88 Å². The van der Waals surface area contributed by atoms with Gasteiger partial charge in [0, 0.05) is 4.88 Å². The minimum absolute atomic E-state index is 0.232. The molecule has 82 valence electrons. The second-order valence-corrected chi connectivity index (χ2v) is 4.88. The Balaban J connectivity index is 2.23. The summed E-state index contributed by atoms with van der Waals surface area (Å²) in [7, 11) is 0. The fourth-order valence-electron chi connectivity index (χ4n) is 1.49. The molecule has 2 nitrogen and oxygen atoms in total. The second kappa shape index (κ2) is 4.60. The molecule has 0 spiro atoms. The van der Waals surface area contributed by atoms with E-state index in [2.05, 4.69) is 0 Å². The van der Waals surface area contributed by atoms with Crippen molar-refractivity contribution < 1.29 is 9.90 Å². The smallest absolute Gasteiger partial charge is 0.205 e. The molecule has 0 aliphatic carbocycles. The summed E-state index contributed by atoms with van der Waals surface area (Å²) in [6.07, 6.45) is -1.06. The Kier molecular flexibility index (Phi) is 3.17. The van der Waals surface area contributed by atoms with Crippen LogP contribution in [0.4, 0.5) is 0 Å². The summed E-state index contributed by atoms with van der Waals surface area (Å²) in [5, 5.41) is 9.91. The van der Waals surface area contributed by atoms with Gasteiger partial charge >= 0.3 is 0 Å². The Morgan fingerprint density at radius 2 is 1.88 bits per heavy atom. The van der Waals surface area contributed by atoms with E-state index >= 15 is 0 Å². The van der Waals surface area contributed by atoms with E-state index in [0.717, 1.165) is 4.88 Å². The maximum absolute atomic E-state index is 11.9. The van der Waals surface area contributed by atoms with Gasteiger partial charge in [-0.15, -0.1) is 11.3 Å². The maximum Gasteiger partial charge on any atom is 0.205 e. The fraction of sp³-hybridized carbons (Fsp3) is 0.154. The van der Waals surface area contributed by atoms with Crippen LogP contribution in [0.5, 0.6) is 0 Å². The molecule has 0 aliphatic heterocycles. The van der Waals surface area contributed by atoms with Crippen LogP contribution in [0.1, 0.15) is 26.2 Å². The molecule has 2 aromatic rings. The number of carbonyl (C=O) groups excluding carboxylic acids is 1. The lowest BCUT2D eigenvalue weighted by atomic mass is 10.1. The van der Waals surface area contributed by atoms with Crippen molar-refractivity contribution in [1.29, 1.82) is 0 Å². The van der Waals surface area contributed by atoms with Crippen molar-refractivity contribution in [3.63, 3.8) is 0 Å². The maximum atomic E-state index is 11.9. The number of aliphatic hydroxyl groups is 1. The fourth-order valence-corrected chi connectivity index (χ4v) is 2.32. The third kappa shape index (κ3) is 2.21. The summed E-state index contributed by atoms with van der Waals surface area (Å²) in [5.74, 6) is -0.232. The molecule has 0 fully saturated rings. The molecule has 0 bridgehead atoms. The van der Waals surface area contributed by atoms with Crippen molar-refractivity contribution in [2.75, 3.05) is 0 Å². The number of hydrogen-bond donors (Lipinski definition) is 1. The summed E-state index contributed by atoms with van der Waals surface area (Å²) in [6, 6.07) is 12.6. The van der Waals surface area contributed by atoms with Gasteiger partial charge in [0.2, 0.25) is 5.78 Å². The van der Waals surface area contributed by atoms with Gasteiger partial charge in [0.1, 0.15) is 6.10 Å². The molecule has 0 saturated carbocycles. The first kappa shape index (κ1) is 11.0.